The van der Waals surface area contributed by atoms with Gasteiger partial charge in [-0.2, -0.15) is 0 Å². The fourth-order valence-corrected chi connectivity index (χ4v) is 6.41. The molecule has 0 heterocycles. The van der Waals surface area contributed by atoms with E-state index < -0.39 is 23.9 Å². The molecule has 11 heteroatoms. The van der Waals surface area contributed by atoms with Crippen molar-refractivity contribution in [1.29, 1.82) is 0 Å². The second kappa shape index (κ2) is 27.2. The first kappa shape index (κ1) is 48.2. The first-order valence-electron chi connectivity index (χ1n) is 22.1. The van der Waals surface area contributed by atoms with Gasteiger partial charge in [-0.05, 0) is 148 Å². The lowest BCUT2D eigenvalue weighted by Crippen LogP contribution is -2.14. The molecule has 0 saturated carbocycles. The molecule has 0 fully saturated rings. The fourth-order valence-electron chi connectivity index (χ4n) is 6.41. The molecule has 0 atom stereocenters. The molecule has 5 aromatic carbocycles. The number of carbonyl (C=O) groups is 4. The minimum absolute atomic E-state index is 0.0328. The Kier molecular flexibility index (Phi) is 20.5. The molecule has 11 nitrogen and oxygen atoms in total. The molecule has 0 radical (unpaired) electrons. The number of unbranched alkanes of at least 4 members (excludes halogenated alkanes) is 8. The summed E-state index contributed by atoms with van der Waals surface area (Å²) in [5.74, 6) is -0.330. The third-order valence-corrected chi connectivity index (χ3v) is 10.0. The Balaban J connectivity index is 1.04. The molecule has 0 amide bonds. The molecule has 5 rings (SSSR count). The maximum absolute atomic E-state index is 13.3. The number of esters is 4. The van der Waals surface area contributed by atoms with Crippen LogP contribution in [0.4, 0.5) is 0 Å². The average Bonchev–Trinajstić information content (AvgIpc) is 3.33. The summed E-state index contributed by atoms with van der Waals surface area (Å²) in [5.41, 5.74) is 2.82. The first-order chi connectivity index (χ1) is 31.3. The molecule has 0 aliphatic carbocycles. The summed E-state index contributed by atoms with van der Waals surface area (Å²) in [6.07, 6.45) is 10.9. The van der Waals surface area contributed by atoms with Crippen molar-refractivity contribution in [3.63, 3.8) is 0 Å². The summed E-state index contributed by atoms with van der Waals surface area (Å²) in [5, 5.41) is 0. The molecule has 0 N–H and O–H groups in total. The summed E-state index contributed by atoms with van der Waals surface area (Å²) >= 11 is 0. The van der Waals surface area contributed by atoms with Crippen LogP contribution in [0.5, 0.6) is 28.7 Å². The largest absolute Gasteiger partial charge is 0.494 e. The molecule has 0 aromatic heterocycles. The van der Waals surface area contributed by atoms with Gasteiger partial charge in [-0.15, -0.1) is 0 Å². The number of carbonyl (C=O) groups excluding carboxylic acids is 4. The van der Waals surface area contributed by atoms with E-state index in [-0.39, 0.29) is 34.8 Å². The predicted octanol–water partition coefficient (Wildman–Crippen LogP) is 11.8. The summed E-state index contributed by atoms with van der Waals surface area (Å²) in [4.78, 5) is 50.7. The van der Waals surface area contributed by atoms with Crippen LogP contribution < -0.4 is 23.7 Å². The first-order valence-corrected chi connectivity index (χ1v) is 22.1. The third-order valence-electron chi connectivity index (χ3n) is 10.0. The monoisotopic (exact) mass is 870 g/mol. The van der Waals surface area contributed by atoms with Gasteiger partial charge in [0.2, 0.25) is 0 Å². The van der Waals surface area contributed by atoms with Gasteiger partial charge in [0.1, 0.15) is 34.3 Å². The van der Waals surface area contributed by atoms with E-state index in [2.05, 4.69) is 30.8 Å². The quantitative estimate of drug-likeness (QED) is 0.0206. The van der Waals surface area contributed by atoms with Crippen LogP contribution in [0.2, 0.25) is 0 Å². The third kappa shape index (κ3) is 16.8. The van der Waals surface area contributed by atoms with Gasteiger partial charge >= 0.3 is 23.9 Å². The molecule has 0 aliphatic heterocycles. The van der Waals surface area contributed by atoms with E-state index in [1.807, 2.05) is 37.3 Å². The van der Waals surface area contributed by atoms with Crippen molar-refractivity contribution in [3.05, 3.63) is 151 Å². The predicted molar refractivity (Wildman–Crippen MR) is 246 cm³/mol. The molecule has 0 spiro atoms. The van der Waals surface area contributed by atoms with E-state index in [4.69, 9.17) is 33.2 Å². The Morgan fingerprint density at radius 1 is 0.453 bits per heavy atom. The van der Waals surface area contributed by atoms with Crippen LogP contribution in [0.15, 0.2) is 134 Å². The van der Waals surface area contributed by atoms with Gasteiger partial charge in [0.25, 0.3) is 0 Å². The van der Waals surface area contributed by atoms with E-state index in [0.29, 0.717) is 44.3 Å². The van der Waals surface area contributed by atoms with Crippen molar-refractivity contribution in [2.45, 2.75) is 77.6 Å². The zero-order valence-corrected chi connectivity index (χ0v) is 36.6. The Morgan fingerprint density at radius 2 is 0.906 bits per heavy atom. The zero-order chi connectivity index (χ0) is 45.2. The molecular weight excluding hydrogens is 813 g/mol. The van der Waals surface area contributed by atoms with E-state index in [1.165, 1.54) is 23.8 Å². The van der Waals surface area contributed by atoms with Crippen LogP contribution in [-0.2, 0) is 14.3 Å². The maximum Gasteiger partial charge on any atom is 0.343 e. The topological polar surface area (TPSA) is 133 Å². The van der Waals surface area contributed by atoms with Crippen LogP contribution in [0, 0.1) is 0 Å². The lowest BCUT2D eigenvalue weighted by Gasteiger charge is -2.13. The van der Waals surface area contributed by atoms with E-state index in [1.54, 1.807) is 48.5 Å². The maximum atomic E-state index is 13.3. The molecule has 0 saturated heterocycles. The summed E-state index contributed by atoms with van der Waals surface area (Å²) in [7, 11) is 0. The van der Waals surface area contributed by atoms with Gasteiger partial charge in [-0.25, -0.2) is 19.2 Å². The molecular formula is C53H58O11. The number of hydrogen-bond donors (Lipinski definition) is 0. The van der Waals surface area contributed by atoms with Crippen LogP contribution >= 0.6 is 0 Å². The molecule has 0 unspecified atom stereocenters. The Morgan fingerprint density at radius 3 is 1.44 bits per heavy atom. The molecule has 0 bridgehead atoms. The van der Waals surface area contributed by atoms with E-state index in [9.17, 15) is 19.2 Å². The number of hydrogen-bond acceptors (Lipinski definition) is 11. The van der Waals surface area contributed by atoms with Gasteiger partial charge in [0, 0.05) is 6.08 Å². The highest BCUT2D eigenvalue weighted by Crippen LogP contribution is 2.28. The highest BCUT2D eigenvalue weighted by atomic mass is 16.6. The van der Waals surface area contributed by atoms with Crippen LogP contribution in [-0.4, -0.2) is 56.9 Å². The smallest absolute Gasteiger partial charge is 0.343 e. The number of ether oxygens (including phenoxy) is 7. The summed E-state index contributed by atoms with van der Waals surface area (Å²) in [6, 6.07) is 35.7. The van der Waals surface area contributed by atoms with Crippen molar-refractivity contribution in [3.8, 4) is 39.9 Å². The van der Waals surface area contributed by atoms with Gasteiger partial charge in [-0.1, -0.05) is 68.8 Å². The van der Waals surface area contributed by atoms with E-state index >= 15 is 0 Å². The van der Waals surface area contributed by atoms with Crippen LogP contribution in [0.25, 0.3) is 11.1 Å². The van der Waals surface area contributed by atoms with Crippen molar-refractivity contribution >= 4 is 23.9 Å². The highest BCUT2D eigenvalue weighted by Gasteiger charge is 2.21. The van der Waals surface area contributed by atoms with Gasteiger partial charge < -0.3 is 33.2 Å². The molecule has 336 valence electrons. The van der Waals surface area contributed by atoms with Gasteiger partial charge in [0.05, 0.1) is 44.2 Å². The van der Waals surface area contributed by atoms with E-state index in [0.717, 1.165) is 81.6 Å². The van der Waals surface area contributed by atoms with Crippen molar-refractivity contribution < 1.29 is 52.3 Å². The van der Waals surface area contributed by atoms with Crippen molar-refractivity contribution in [2.75, 3.05) is 33.0 Å². The molecule has 5 aromatic rings. The zero-order valence-electron chi connectivity index (χ0n) is 36.6. The fraction of sp³-hybridized carbons (Fsp3) is 0.321. The van der Waals surface area contributed by atoms with Crippen molar-refractivity contribution in [1.82, 2.24) is 0 Å². The second-order valence-electron chi connectivity index (χ2n) is 15.0. The lowest BCUT2D eigenvalue weighted by molar-refractivity contribution is -0.137. The minimum atomic E-state index is -0.709. The standard InChI is InChI=1S/C53H58O11/c1-3-5-13-38-62-53(57)48-39-47(63-51(55)42-22-28-45(29-23-42)59-36-16-8-9-17-37-61-50(54)4-2)32-33-49(48)64-52(56)43-24-30-46(31-25-43)60-35-15-7-6-14-34-58-44-26-20-41(21-27-44)40-18-11-10-12-19-40/h4,10-12,18-33,39H,2-3,5-9,13-17,34-38H2,1H3. The number of rotatable bonds is 28. The van der Waals surface area contributed by atoms with Gasteiger partial charge in [-0.3, -0.25) is 0 Å². The average molecular weight is 871 g/mol. The Hall–Kier alpha value is -6.88. The normalized spacial score (nSPS) is 10.6. The molecule has 0 aliphatic rings. The second-order valence-corrected chi connectivity index (χ2v) is 15.0. The van der Waals surface area contributed by atoms with Crippen LogP contribution in [0.3, 0.4) is 0 Å². The molecule has 64 heavy (non-hydrogen) atoms. The number of benzene rings is 5. The summed E-state index contributed by atoms with van der Waals surface area (Å²) < 4.78 is 39.4. The van der Waals surface area contributed by atoms with Crippen molar-refractivity contribution in [2.24, 2.45) is 0 Å². The Labute approximate surface area is 376 Å². The van der Waals surface area contributed by atoms with Gasteiger partial charge in [0.15, 0.2) is 0 Å². The Bertz CT molecular complexity index is 2200. The highest BCUT2D eigenvalue weighted by molar-refractivity contribution is 5.97. The minimum Gasteiger partial charge on any atom is -0.494 e. The SMILES string of the molecule is C=CC(=O)OCCCCCCOc1ccc(C(=O)Oc2ccc(OC(=O)c3ccc(OCCCCCCOc4ccc(-c5ccccc5)cc4)cc3)c(C(=O)OCCCCC)c2)cc1. The summed E-state index contributed by atoms with van der Waals surface area (Å²) in [6.45, 7) is 7.65. The lowest BCUT2D eigenvalue weighted by atomic mass is 10.1. The van der Waals surface area contributed by atoms with Crippen LogP contribution in [0.1, 0.15) is 109 Å².